The van der Waals surface area contributed by atoms with Crippen LogP contribution in [0.25, 0.3) is 0 Å². The number of nitrogens with zero attached hydrogens (tertiary/aromatic N) is 1. The molecule has 2 N–H and O–H groups in total. The van der Waals surface area contributed by atoms with E-state index in [0.717, 1.165) is 19.3 Å². The number of benzene rings is 1. The molecule has 0 bridgehead atoms. The van der Waals surface area contributed by atoms with Crippen molar-refractivity contribution in [2.24, 2.45) is 5.73 Å². The van der Waals surface area contributed by atoms with Crippen LogP contribution >= 0.6 is 0 Å². The Morgan fingerprint density at radius 1 is 1.41 bits per heavy atom. The van der Waals surface area contributed by atoms with Crippen molar-refractivity contribution < 1.29 is 4.79 Å². The van der Waals surface area contributed by atoms with Crippen LogP contribution in [0, 0.1) is 0 Å². The van der Waals surface area contributed by atoms with Gasteiger partial charge in [-0.15, -0.1) is 0 Å². The molecule has 1 atom stereocenters. The highest BCUT2D eigenvalue weighted by atomic mass is 16.2. The predicted molar refractivity (Wildman–Crippen MR) is 68.4 cm³/mol. The smallest absolute Gasteiger partial charge is 0.237 e. The highest BCUT2D eigenvalue weighted by Crippen LogP contribution is 2.35. The number of rotatable bonds is 5. The Morgan fingerprint density at radius 2 is 2.06 bits per heavy atom. The largest absolute Gasteiger partial charge is 0.332 e. The van der Waals surface area contributed by atoms with Crippen LogP contribution in [0.15, 0.2) is 30.3 Å². The normalized spacial score (nSPS) is 16.6. The summed E-state index contributed by atoms with van der Waals surface area (Å²) in [6, 6.07) is 10.8. The fourth-order valence-electron chi connectivity index (χ4n) is 2.36. The molecule has 0 radical (unpaired) electrons. The molecule has 0 aliphatic heterocycles. The maximum Gasteiger partial charge on any atom is 0.237 e. The molecule has 0 heterocycles. The minimum atomic E-state index is 0.0724. The Labute approximate surface area is 103 Å². The van der Waals surface area contributed by atoms with Crippen molar-refractivity contribution in [3.05, 3.63) is 35.9 Å². The van der Waals surface area contributed by atoms with E-state index >= 15 is 0 Å². The summed E-state index contributed by atoms with van der Waals surface area (Å²) < 4.78 is 0. The molecule has 1 aliphatic carbocycles. The van der Waals surface area contributed by atoms with Gasteiger partial charge in [0.1, 0.15) is 0 Å². The van der Waals surface area contributed by atoms with E-state index in [0.29, 0.717) is 6.04 Å². The molecule has 3 heteroatoms. The zero-order chi connectivity index (χ0) is 12.3. The molecule has 0 saturated heterocycles. The Bertz CT molecular complexity index is 373. The van der Waals surface area contributed by atoms with Gasteiger partial charge in [-0.05, 0) is 24.8 Å². The van der Waals surface area contributed by atoms with Crippen molar-refractivity contribution in [3.8, 4) is 0 Å². The standard InChI is InChI=1S/C14H20N2O/c1-2-13(11-6-4-3-5-7-11)16(12-8-9-12)14(17)10-15/h3-7,12-13H,2,8-10,15H2,1H3/t13-/m1/s1. The fraction of sp³-hybridized carbons (Fsp3) is 0.500. The van der Waals surface area contributed by atoms with Gasteiger partial charge in [0.25, 0.3) is 0 Å². The van der Waals surface area contributed by atoms with Gasteiger partial charge in [-0.25, -0.2) is 0 Å². The third kappa shape index (κ3) is 2.67. The lowest BCUT2D eigenvalue weighted by atomic mass is 10.0. The molecule has 92 valence electrons. The number of nitrogens with two attached hydrogens (primary N) is 1. The highest BCUT2D eigenvalue weighted by Gasteiger charge is 2.36. The van der Waals surface area contributed by atoms with Crippen LogP contribution in [0.3, 0.4) is 0 Å². The van der Waals surface area contributed by atoms with E-state index in [1.807, 2.05) is 23.1 Å². The van der Waals surface area contributed by atoms with Gasteiger partial charge >= 0.3 is 0 Å². The Morgan fingerprint density at radius 3 is 2.53 bits per heavy atom. The maximum absolute atomic E-state index is 12.0. The van der Waals surface area contributed by atoms with Crippen LogP contribution in [-0.2, 0) is 4.79 Å². The first-order valence-corrected chi connectivity index (χ1v) is 6.34. The van der Waals surface area contributed by atoms with Crippen molar-refractivity contribution in [2.45, 2.75) is 38.3 Å². The maximum atomic E-state index is 12.0. The first-order chi connectivity index (χ1) is 8.27. The summed E-state index contributed by atoms with van der Waals surface area (Å²) in [5.41, 5.74) is 6.73. The summed E-state index contributed by atoms with van der Waals surface area (Å²) in [6.45, 7) is 2.23. The molecule has 1 aromatic carbocycles. The first kappa shape index (κ1) is 12.1. The summed E-state index contributed by atoms with van der Waals surface area (Å²) in [5, 5.41) is 0. The summed E-state index contributed by atoms with van der Waals surface area (Å²) in [7, 11) is 0. The van der Waals surface area contributed by atoms with Gasteiger partial charge in [0.15, 0.2) is 0 Å². The van der Waals surface area contributed by atoms with Gasteiger partial charge in [-0.2, -0.15) is 0 Å². The van der Waals surface area contributed by atoms with Crippen LogP contribution in [-0.4, -0.2) is 23.4 Å². The van der Waals surface area contributed by atoms with Crippen molar-refractivity contribution >= 4 is 5.91 Å². The summed E-state index contributed by atoms with van der Waals surface area (Å²) in [4.78, 5) is 14.0. The van der Waals surface area contributed by atoms with Crippen molar-refractivity contribution in [1.82, 2.24) is 4.90 Å². The second-order valence-corrected chi connectivity index (χ2v) is 4.57. The first-order valence-electron chi connectivity index (χ1n) is 6.34. The van der Waals surface area contributed by atoms with Gasteiger partial charge in [0.05, 0.1) is 12.6 Å². The molecule has 1 amide bonds. The second kappa shape index (κ2) is 5.32. The number of amides is 1. The van der Waals surface area contributed by atoms with E-state index in [9.17, 15) is 4.79 Å². The number of hydrogen-bond acceptors (Lipinski definition) is 2. The minimum Gasteiger partial charge on any atom is -0.332 e. The van der Waals surface area contributed by atoms with Gasteiger partial charge in [0.2, 0.25) is 5.91 Å². The highest BCUT2D eigenvalue weighted by molar-refractivity contribution is 5.79. The molecule has 3 nitrogen and oxygen atoms in total. The Hall–Kier alpha value is -1.35. The molecule has 1 fully saturated rings. The second-order valence-electron chi connectivity index (χ2n) is 4.57. The summed E-state index contributed by atoms with van der Waals surface area (Å²) in [5.74, 6) is 0.0724. The zero-order valence-corrected chi connectivity index (χ0v) is 10.3. The SMILES string of the molecule is CC[C@H](c1ccccc1)N(C(=O)CN)C1CC1. The van der Waals surface area contributed by atoms with Gasteiger partial charge < -0.3 is 10.6 Å². The van der Waals surface area contributed by atoms with Gasteiger partial charge in [-0.1, -0.05) is 37.3 Å². The number of carbonyl (C=O) groups is 1. The average Bonchev–Trinajstić information content (AvgIpc) is 3.20. The van der Waals surface area contributed by atoms with Crippen molar-refractivity contribution in [3.63, 3.8) is 0 Å². The van der Waals surface area contributed by atoms with Crippen LogP contribution in [0.2, 0.25) is 0 Å². The van der Waals surface area contributed by atoms with E-state index in [1.165, 1.54) is 5.56 Å². The van der Waals surface area contributed by atoms with E-state index in [2.05, 4.69) is 19.1 Å². The predicted octanol–water partition coefficient (Wildman–Crippen LogP) is 2.09. The molecule has 0 unspecified atom stereocenters. The molecular formula is C14H20N2O. The van der Waals surface area contributed by atoms with Crippen LogP contribution < -0.4 is 5.73 Å². The molecule has 0 aromatic heterocycles. The lowest BCUT2D eigenvalue weighted by Gasteiger charge is -2.31. The molecule has 0 spiro atoms. The van der Waals surface area contributed by atoms with Crippen molar-refractivity contribution in [2.75, 3.05) is 6.54 Å². The van der Waals surface area contributed by atoms with E-state index in [4.69, 9.17) is 5.73 Å². The van der Waals surface area contributed by atoms with Crippen molar-refractivity contribution in [1.29, 1.82) is 0 Å². The van der Waals surface area contributed by atoms with E-state index in [1.54, 1.807) is 0 Å². The number of hydrogen-bond donors (Lipinski definition) is 1. The summed E-state index contributed by atoms with van der Waals surface area (Å²) >= 11 is 0. The van der Waals surface area contributed by atoms with Crippen LogP contribution in [0.1, 0.15) is 37.8 Å². The minimum absolute atomic E-state index is 0.0724. The third-order valence-corrected chi connectivity index (χ3v) is 3.31. The Kier molecular flexibility index (Phi) is 3.79. The third-order valence-electron chi connectivity index (χ3n) is 3.31. The van der Waals surface area contributed by atoms with Crippen LogP contribution in [0.5, 0.6) is 0 Å². The Balaban J connectivity index is 2.23. The quantitative estimate of drug-likeness (QED) is 0.845. The van der Waals surface area contributed by atoms with E-state index < -0.39 is 0 Å². The summed E-state index contributed by atoms with van der Waals surface area (Å²) in [6.07, 6.45) is 3.18. The fourth-order valence-corrected chi connectivity index (χ4v) is 2.36. The van der Waals surface area contributed by atoms with Crippen LogP contribution in [0.4, 0.5) is 0 Å². The average molecular weight is 232 g/mol. The molecule has 1 aromatic rings. The van der Waals surface area contributed by atoms with E-state index in [-0.39, 0.29) is 18.5 Å². The molecule has 1 aliphatic rings. The number of carbonyl (C=O) groups excluding carboxylic acids is 1. The molecule has 17 heavy (non-hydrogen) atoms. The molecule has 1 saturated carbocycles. The van der Waals surface area contributed by atoms with Gasteiger partial charge in [0, 0.05) is 6.04 Å². The lowest BCUT2D eigenvalue weighted by Crippen LogP contribution is -2.40. The molecule has 2 rings (SSSR count). The monoisotopic (exact) mass is 232 g/mol. The topological polar surface area (TPSA) is 46.3 Å². The molecular weight excluding hydrogens is 212 g/mol. The zero-order valence-electron chi connectivity index (χ0n) is 10.3. The van der Waals surface area contributed by atoms with Gasteiger partial charge in [-0.3, -0.25) is 4.79 Å². The lowest BCUT2D eigenvalue weighted by molar-refractivity contribution is -0.133.